The van der Waals surface area contributed by atoms with E-state index in [-0.39, 0.29) is 30.7 Å². The molecule has 1 aliphatic heterocycles. The molecular weight excluding hydrogens is 354 g/mol. The number of carboxylic acid groups (broad SMARTS) is 1. The molecule has 2 aliphatic rings. The van der Waals surface area contributed by atoms with Crippen molar-refractivity contribution in [3.8, 4) is 0 Å². The predicted molar refractivity (Wildman–Crippen MR) is 109 cm³/mol. The quantitative estimate of drug-likeness (QED) is 0.784. The van der Waals surface area contributed by atoms with E-state index in [4.69, 9.17) is 5.11 Å². The van der Waals surface area contributed by atoms with Gasteiger partial charge in [-0.05, 0) is 50.6 Å². The highest BCUT2D eigenvalue weighted by Crippen LogP contribution is 2.36. The molecule has 1 heterocycles. The van der Waals surface area contributed by atoms with Gasteiger partial charge in [-0.25, -0.2) is 4.79 Å². The molecule has 6 nitrogen and oxygen atoms in total. The third-order valence-electron chi connectivity index (χ3n) is 6.31. The van der Waals surface area contributed by atoms with Gasteiger partial charge in [-0.3, -0.25) is 9.69 Å². The molecule has 2 unspecified atom stereocenters. The summed E-state index contributed by atoms with van der Waals surface area (Å²) >= 11 is 0. The molecular formula is C22H33N3O3. The Labute approximate surface area is 167 Å². The molecule has 28 heavy (non-hydrogen) atoms. The fraction of sp³-hybridized carbons (Fsp3) is 0.636. The first kappa shape index (κ1) is 20.6. The molecule has 6 heteroatoms. The summed E-state index contributed by atoms with van der Waals surface area (Å²) in [5, 5.41) is 12.2. The van der Waals surface area contributed by atoms with Gasteiger partial charge in [0.25, 0.3) is 0 Å². The molecule has 0 spiro atoms. The Morgan fingerprint density at radius 2 is 1.93 bits per heavy atom. The molecule has 3 rings (SSSR count). The van der Waals surface area contributed by atoms with Crippen molar-refractivity contribution >= 4 is 12.0 Å². The van der Waals surface area contributed by atoms with E-state index in [1.807, 2.05) is 16.7 Å². The van der Waals surface area contributed by atoms with Crippen molar-refractivity contribution < 1.29 is 14.7 Å². The number of aryl methyl sites for hydroxylation is 1. The minimum absolute atomic E-state index is 0.0156. The summed E-state index contributed by atoms with van der Waals surface area (Å²) in [6, 6.07) is 9.04. The number of rotatable bonds is 6. The van der Waals surface area contributed by atoms with Gasteiger partial charge in [0.2, 0.25) is 0 Å². The number of hydrogen-bond acceptors (Lipinski definition) is 3. The summed E-state index contributed by atoms with van der Waals surface area (Å²) in [5.74, 6) is -0.361. The zero-order valence-electron chi connectivity index (χ0n) is 17.2. The number of carbonyl (C=O) groups is 2. The van der Waals surface area contributed by atoms with Crippen LogP contribution in [0.25, 0.3) is 0 Å². The molecule has 1 aromatic carbocycles. The van der Waals surface area contributed by atoms with Crippen molar-refractivity contribution in [1.29, 1.82) is 0 Å². The van der Waals surface area contributed by atoms with Crippen LogP contribution in [0.2, 0.25) is 0 Å². The van der Waals surface area contributed by atoms with Crippen molar-refractivity contribution in [1.82, 2.24) is 15.1 Å². The van der Waals surface area contributed by atoms with Crippen LogP contribution >= 0.6 is 0 Å². The van der Waals surface area contributed by atoms with Crippen LogP contribution in [0.15, 0.2) is 24.3 Å². The summed E-state index contributed by atoms with van der Waals surface area (Å²) in [6.07, 6.45) is 3.82. The molecule has 0 bridgehead atoms. The maximum absolute atomic E-state index is 13.0. The van der Waals surface area contributed by atoms with Crippen LogP contribution < -0.4 is 5.32 Å². The Balaban J connectivity index is 1.60. The van der Waals surface area contributed by atoms with E-state index in [0.717, 1.165) is 38.8 Å². The summed E-state index contributed by atoms with van der Waals surface area (Å²) in [6.45, 7) is 7.86. The molecule has 2 amide bonds. The third-order valence-corrected chi connectivity index (χ3v) is 6.31. The Kier molecular flexibility index (Phi) is 6.60. The predicted octanol–water partition coefficient (Wildman–Crippen LogP) is 3.42. The van der Waals surface area contributed by atoms with Gasteiger partial charge in [-0.2, -0.15) is 0 Å². The SMILES string of the molecule is CCN(CC(=O)O)C1CC(NC(=O)N2CCCC(C)C2c2ccc(C)cc2)C1. The molecule has 154 valence electrons. The van der Waals surface area contributed by atoms with Gasteiger partial charge in [0.05, 0.1) is 12.6 Å². The largest absolute Gasteiger partial charge is 0.480 e. The monoisotopic (exact) mass is 387 g/mol. The van der Waals surface area contributed by atoms with Crippen LogP contribution in [0, 0.1) is 12.8 Å². The first-order valence-electron chi connectivity index (χ1n) is 10.5. The minimum atomic E-state index is -0.794. The Morgan fingerprint density at radius 1 is 1.25 bits per heavy atom. The van der Waals surface area contributed by atoms with Crippen molar-refractivity contribution in [2.24, 2.45) is 5.92 Å². The lowest BCUT2D eigenvalue weighted by Crippen LogP contribution is -2.57. The number of urea groups is 1. The number of likely N-dealkylation sites (tertiary alicyclic amines) is 1. The molecule has 1 saturated heterocycles. The van der Waals surface area contributed by atoms with E-state index in [1.54, 1.807) is 0 Å². The highest BCUT2D eigenvalue weighted by Gasteiger charge is 2.38. The van der Waals surface area contributed by atoms with E-state index in [1.165, 1.54) is 11.1 Å². The highest BCUT2D eigenvalue weighted by atomic mass is 16.4. The van der Waals surface area contributed by atoms with E-state index in [0.29, 0.717) is 5.92 Å². The van der Waals surface area contributed by atoms with Crippen LogP contribution in [0.1, 0.15) is 56.7 Å². The lowest BCUT2D eigenvalue weighted by molar-refractivity contribution is -0.139. The number of benzene rings is 1. The van der Waals surface area contributed by atoms with E-state index in [2.05, 4.69) is 43.4 Å². The second-order valence-electron chi connectivity index (χ2n) is 8.40. The van der Waals surface area contributed by atoms with Crippen LogP contribution in [-0.2, 0) is 4.79 Å². The zero-order valence-corrected chi connectivity index (χ0v) is 17.2. The fourth-order valence-corrected chi connectivity index (χ4v) is 4.62. The molecule has 1 saturated carbocycles. The highest BCUT2D eigenvalue weighted by molar-refractivity contribution is 5.75. The normalized spacial score (nSPS) is 27.4. The molecule has 2 fully saturated rings. The maximum atomic E-state index is 13.0. The van der Waals surface area contributed by atoms with Gasteiger partial charge in [-0.15, -0.1) is 0 Å². The number of piperidine rings is 1. The number of likely N-dealkylation sites (N-methyl/N-ethyl adjacent to an activating group) is 1. The van der Waals surface area contributed by atoms with Crippen molar-refractivity contribution in [3.05, 3.63) is 35.4 Å². The zero-order chi connectivity index (χ0) is 20.3. The number of carboxylic acids is 1. The van der Waals surface area contributed by atoms with Crippen LogP contribution in [0.3, 0.4) is 0 Å². The van der Waals surface area contributed by atoms with Gasteiger partial charge in [-0.1, -0.05) is 43.7 Å². The average molecular weight is 388 g/mol. The lowest BCUT2D eigenvalue weighted by atomic mass is 9.84. The van der Waals surface area contributed by atoms with Crippen LogP contribution in [-0.4, -0.2) is 58.6 Å². The average Bonchev–Trinajstić information content (AvgIpc) is 2.63. The standard InChI is InChI=1S/C22H33N3O3/c1-4-24(14-20(26)27)19-12-18(13-19)23-22(28)25-11-5-6-16(3)21(25)17-9-7-15(2)8-10-17/h7-10,16,18-19,21H,4-6,11-14H2,1-3H3,(H,23,28)(H,26,27). The summed E-state index contributed by atoms with van der Waals surface area (Å²) in [4.78, 5) is 28.0. The molecule has 1 aliphatic carbocycles. The second kappa shape index (κ2) is 8.95. The van der Waals surface area contributed by atoms with Crippen LogP contribution in [0.5, 0.6) is 0 Å². The van der Waals surface area contributed by atoms with E-state index in [9.17, 15) is 9.59 Å². The molecule has 0 aromatic heterocycles. The first-order valence-corrected chi connectivity index (χ1v) is 10.5. The Hall–Kier alpha value is -2.08. The van der Waals surface area contributed by atoms with Crippen molar-refractivity contribution in [2.75, 3.05) is 19.6 Å². The number of nitrogens with zero attached hydrogens (tertiary/aromatic N) is 2. The first-order chi connectivity index (χ1) is 13.4. The fourth-order valence-electron chi connectivity index (χ4n) is 4.62. The lowest BCUT2D eigenvalue weighted by Gasteiger charge is -2.45. The number of amides is 2. The smallest absolute Gasteiger partial charge is 0.318 e. The van der Waals surface area contributed by atoms with Gasteiger partial charge in [0.1, 0.15) is 0 Å². The van der Waals surface area contributed by atoms with Gasteiger partial charge < -0.3 is 15.3 Å². The van der Waals surface area contributed by atoms with Gasteiger partial charge in [0.15, 0.2) is 0 Å². The van der Waals surface area contributed by atoms with Crippen molar-refractivity contribution in [2.45, 2.75) is 64.6 Å². The Bertz CT molecular complexity index is 685. The molecule has 1 aromatic rings. The molecule has 2 N–H and O–H groups in total. The third kappa shape index (κ3) is 4.66. The van der Waals surface area contributed by atoms with Crippen molar-refractivity contribution in [3.63, 3.8) is 0 Å². The summed E-state index contributed by atoms with van der Waals surface area (Å²) in [7, 11) is 0. The van der Waals surface area contributed by atoms with E-state index < -0.39 is 5.97 Å². The Morgan fingerprint density at radius 3 is 2.54 bits per heavy atom. The number of carbonyl (C=O) groups excluding carboxylic acids is 1. The number of nitrogens with one attached hydrogen (secondary N) is 1. The second-order valence-corrected chi connectivity index (χ2v) is 8.40. The van der Waals surface area contributed by atoms with E-state index >= 15 is 0 Å². The van der Waals surface area contributed by atoms with Gasteiger partial charge in [0, 0.05) is 18.6 Å². The number of hydrogen-bond donors (Lipinski definition) is 2. The maximum Gasteiger partial charge on any atom is 0.318 e. The van der Waals surface area contributed by atoms with Crippen LogP contribution in [0.4, 0.5) is 4.79 Å². The van der Waals surface area contributed by atoms with Gasteiger partial charge >= 0.3 is 12.0 Å². The summed E-state index contributed by atoms with van der Waals surface area (Å²) < 4.78 is 0. The summed E-state index contributed by atoms with van der Waals surface area (Å²) in [5.41, 5.74) is 2.43. The topological polar surface area (TPSA) is 72.9 Å². The molecule has 0 radical (unpaired) electrons. The minimum Gasteiger partial charge on any atom is -0.480 e. The molecule has 2 atom stereocenters. The number of aliphatic carboxylic acids is 1.